The minimum Gasteiger partial charge on any atom is -0.497 e. The standard InChI is InChI=1S/C17H22N2O/c1-13(15-4-6-17(20-3)7-5-15)8-10-19-16-9-11-18-14(2)12-16/h4-7,9,11-13H,8,10H2,1-3H3,(H,18,19). The third-order valence-electron chi connectivity index (χ3n) is 3.49. The van der Waals surface area contributed by atoms with Gasteiger partial charge >= 0.3 is 0 Å². The van der Waals surface area contributed by atoms with Crippen LogP contribution in [0.5, 0.6) is 5.75 Å². The average molecular weight is 270 g/mol. The third-order valence-corrected chi connectivity index (χ3v) is 3.49. The van der Waals surface area contributed by atoms with Gasteiger partial charge in [0.25, 0.3) is 0 Å². The van der Waals surface area contributed by atoms with Gasteiger partial charge in [-0.3, -0.25) is 4.98 Å². The minimum absolute atomic E-state index is 0.524. The molecule has 0 bridgehead atoms. The molecule has 0 spiro atoms. The van der Waals surface area contributed by atoms with Crippen molar-refractivity contribution in [3.63, 3.8) is 0 Å². The number of aromatic nitrogens is 1. The number of hydrogen-bond donors (Lipinski definition) is 1. The highest BCUT2D eigenvalue weighted by Gasteiger charge is 2.05. The molecular formula is C17H22N2O. The van der Waals surface area contributed by atoms with Crippen molar-refractivity contribution in [3.8, 4) is 5.75 Å². The van der Waals surface area contributed by atoms with E-state index in [9.17, 15) is 0 Å². The summed E-state index contributed by atoms with van der Waals surface area (Å²) < 4.78 is 5.18. The lowest BCUT2D eigenvalue weighted by Crippen LogP contribution is -2.06. The molecule has 0 amide bonds. The Kier molecular flexibility index (Phi) is 4.99. The average Bonchev–Trinajstić information content (AvgIpc) is 2.47. The first kappa shape index (κ1) is 14.4. The first-order valence-corrected chi connectivity index (χ1v) is 6.99. The largest absolute Gasteiger partial charge is 0.497 e. The fourth-order valence-electron chi connectivity index (χ4n) is 2.19. The lowest BCUT2D eigenvalue weighted by molar-refractivity contribution is 0.414. The maximum absolute atomic E-state index is 5.18. The molecule has 1 aromatic carbocycles. The first-order chi connectivity index (χ1) is 9.69. The van der Waals surface area contributed by atoms with Gasteiger partial charge in [0.15, 0.2) is 0 Å². The van der Waals surface area contributed by atoms with Crippen molar-refractivity contribution in [1.29, 1.82) is 0 Å². The zero-order chi connectivity index (χ0) is 14.4. The summed E-state index contributed by atoms with van der Waals surface area (Å²) in [6.45, 7) is 5.21. The summed E-state index contributed by atoms with van der Waals surface area (Å²) in [6, 6.07) is 12.4. The lowest BCUT2D eigenvalue weighted by atomic mass is 9.98. The van der Waals surface area contributed by atoms with Crippen molar-refractivity contribution >= 4 is 5.69 Å². The molecule has 1 atom stereocenters. The zero-order valence-corrected chi connectivity index (χ0v) is 12.4. The quantitative estimate of drug-likeness (QED) is 0.861. The van der Waals surface area contributed by atoms with Crippen molar-refractivity contribution in [3.05, 3.63) is 53.9 Å². The van der Waals surface area contributed by atoms with Crippen molar-refractivity contribution in [2.75, 3.05) is 19.0 Å². The molecule has 2 aromatic rings. The summed E-state index contributed by atoms with van der Waals surface area (Å²) in [5.74, 6) is 1.43. The Labute approximate surface area is 121 Å². The van der Waals surface area contributed by atoms with E-state index < -0.39 is 0 Å². The van der Waals surface area contributed by atoms with Gasteiger partial charge in [-0.05, 0) is 49.1 Å². The molecule has 0 aliphatic heterocycles. The normalized spacial score (nSPS) is 11.9. The van der Waals surface area contributed by atoms with E-state index >= 15 is 0 Å². The Morgan fingerprint density at radius 3 is 2.60 bits per heavy atom. The summed E-state index contributed by atoms with van der Waals surface area (Å²) in [4.78, 5) is 4.20. The first-order valence-electron chi connectivity index (χ1n) is 6.99. The molecular weight excluding hydrogens is 248 g/mol. The summed E-state index contributed by atoms with van der Waals surface area (Å²) in [5, 5.41) is 3.44. The van der Waals surface area contributed by atoms with Crippen LogP contribution in [0.1, 0.15) is 30.5 Å². The molecule has 1 unspecified atom stereocenters. The zero-order valence-electron chi connectivity index (χ0n) is 12.4. The van der Waals surface area contributed by atoms with Crippen molar-refractivity contribution in [2.45, 2.75) is 26.2 Å². The third kappa shape index (κ3) is 3.98. The highest BCUT2D eigenvalue weighted by atomic mass is 16.5. The summed E-state index contributed by atoms with van der Waals surface area (Å²) in [7, 11) is 1.69. The van der Waals surface area contributed by atoms with Gasteiger partial charge in [-0.2, -0.15) is 0 Å². The molecule has 0 radical (unpaired) electrons. The number of rotatable bonds is 6. The number of ether oxygens (including phenoxy) is 1. The lowest BCUT2D eigenvalue weighted by Gasteiger charge is -2.14. The fourth-order valence-corrected chi connectivity index (χ4v) is 2.19. The van der Waals surface area contributed by atoms with Crippen molar-refractivity contribution in [2.24, 2.45) is 0 Å². The van der Waals surface area contributed by atoms with Crippen LogP contribution in [-0.2, 0) is 0 Å². The summed E-state index contributed by atoms with van der Waals surface area (Å²) in [5.41, 5.74) is 3.52. The molecule has 1 heterocycles. The molecule has 1 N–H and O–H groups in total. The monoisotopic (exact) mass is 270 g/mol. The van der Waals surface area contributed by atoms with Crippen LogP contribution in [-0.4, -0.2) is 18.6 Å². The Morgan fingerprint density at radius 1 is 1.20 bits per heavy atom. The molecule has 0 saturated heterocycles. The number of benzene rings is 1. The highest BCUT2D eigenvalue weighted by Crippen LogP contribution is 2.22. The molecule has 3 heteroatoms. The van der Waals surface area contributed by atoms with Gasteiger partial charge in [-0.15, -0.1) is 0 Å². The number of methoxy groups -OCH3 is 1. The number of hydrogen-bond acceptors (Lipinski definition) is 3. The maximum Gasteiger partial charge on any atom is 0.118 e. The second kappa shape index (κ2) is 6.94. The minimum atomic E-state index is 0.524. The van der Waals surface area contributed by atoms with Crippen LogP contribution in [0.2, 0.25) is 0 Å². The van der Waals surface area contributed by atoms with Gasteiger partial charge in [-0.1, -0.05) is 19.1 Å². The van der Waals surface area contributed by atoms with Gasteiger partial charge in [0.2, 0.25) is 0 Å². The number of nitrogens with zero attached hydrogens (tertiary/aromatic N) is 1. The van der Waals surface area contributed by atoms with E-state index in [2.05, 4.69) is 35.4 Å². The van der Waals surface area contributed by atoms with E-state index in [1.54, 1.807) is 7.11 Å². The van der Waals surface area contributed by atoms with Gasteiger partial charge in [-0.25, -0.2) is 0 Å². The van der Waals surface area contributed by atoms with E-state index in [1.165, 1.54) is 5.56 Å². The number of nitrogens with one attached hydrogen (secondary N) is 1. The van der Waals surface area contributed by atoms with Crippen LogP contribution < -0.4 is 10.1 Å². The Bertz CT molecular complexity index is 537. The van der Waals surface area contributed by atoms with Crippen molar-refractivity contribution < 1.29 is 4.74 Å². The Hall–Kier alpha value is -2.03. The maximum atomic E-state index is 5.18. The smallest absolute Gasteiger partial charge is 0.118 e. The molecule has 0 aliphatic carbocycles. The second-order valence-corrected chi connectivity index (χ2v) is 5.08. The van der Waals surface area contributed by atoms with E-state index in [1.807, 2.05) is 31.3 Å². The summed E-state index contributed by atoms with van der Waals surface area (Å²) in [6.07, 6.45) is 2.93. The molecule has 3 nitrogen and oxygen atoms in total. The van der Waals surface area contributed by atoms with Gasteiger partial charge < -0.3 is 10.1 Å². The SMILES string of the molecule is COc1ccc(C(C)CCNc2ccnc(C)c2)cc1. The molecule has 2 rings (SSSR count). The van der Waals surface area contributed by atoms with E-state index in [-0.39, 0.29) is 0 Å². The fraction of sp³-hybridized carbons (Fsp3) is 0.353. The molecule has 106 valence electrons. The summed E-state index contributed by atoms with van der Waals surface area (Å²) >= 11 is 0. The van der Waals surface area contributed by atoms with Crippen LogP contribution in [0.4, 0.5) is 5.69 Å². The van der Waals surface area contributed by atoms with Crippen LogP contribution in [0.25, 0.3) is 0 Å². The molecule has 0 fully saturated rings. The van der Waals surface area contributed by atoms with Crippen LogP contribution in [0, 0.1) is 6.92 Å². The Balaban J connectivity index is 1.83. The topological polar surface area (TPSA) is 34.1 Å². The molecule has 0 saturated carbocycles. The van der Waals surface area contributed by atoms with Crippen LogP contribution in [0.15, 0.2) is 42.6 Å². The molecule has 0 aliphatic rings. The Morgan fingerprint density at radius 2 is 1.95 bits per heavy atom. The van der Waals surface area contributed by atoms with Crippen molar-refractivity contribution in [1.82, 2.24) is 4.98 Å². The van der Waals surface area contributed by atoms with E-state index in [4.69, 9.17) is 4.74 Å². The number of pyridine rings is 1. The highest BCUT2D eigenvalue weighted by molar-refractivity contribution is 5.42. The second-order valence-electron chi connectivity index (χ2n) is 5.08. The van der Waals surface area contributed by atoms with Crippen LogP contribution >= 0.6 is 0 Å². The van der Waals surface area contributed by atoms with Gasteiger partial charge in [0.1, 0.15) is 5.75 Å². The van der Waals surface area contributed by atoms with Crippen LogP contribution in [0.3, 0.4) is 0 Å². The van der Waals surface area contributed by atoms with E-state index in [0.29, 0.717) is 5.92 Å². The molecule has 20 heavy (non-hydrogen) atoms. The van der Waals surface area contributed by atoms with Gasteiger partial charge in [0.05, 0.1) is 7.11 Å². The van der Waals surface area contributed by atoms with E-state index in [0.717, 1.165) is 30.1 Å². The predicted molar refractivity (Wildman–Crippen MR) is 83.5 cm³/mol. The predicted octanol–water partition coefficient (Wildman–Crippen LogP) is 4.00. The number of anilines is 1. The van der Waals surface area contributed by atoms with Gasteiger partial charge in [0, 0.05) is 24.1 Å². The number of aryl methyl sites for hydroxylation is 1. The molecule has 1 aromatic heterocycles.